The van der Waals surface area contributed by atoms with E-state index >= 15 is 0 Å². The predicted octanol–water partition coefficient (Wildman–Crippen LogP) is 17.0. The van der Waals surface area contributed by atoms with Crippen molar-refractivity contribution in [1.82, 2.24) is 4.57 Å². The van der Waals surface area contributed by atoms with E-state index in [1.807, 2.05) is 6.08 Å². The van der Waals surface area contributed by atoms with Gasteiger partial charge in [0.25, 0.3) is 0 Å². The van der Waals surface area contributed by atoms with Gasteiger partial charge in [-0.15, -0.1) is 0 Å². The van der Waals surface area contributed by atoms with E-state index in [1.165, 1.54) is 71.9 Å². The Kier molecular flexibility index (Phi) is 10.4. The first-order chi connectivity index (χ1) is 31.8. The Balaban J connectivity index is 1.01. The molecule has 0 spiro atoms. The Labute approximate surface area is 389 Å². The number of anilines is 3. The Morgan fingerprint density at radius 2 is 1.03 bits per heavy atom. The van der Waals surface area contributed by atoms with E-state index in [0.717, 1.165) is 38.3 Å². The Morgan fingerprint density at radius 3 is 1.75 bits per heavy atom. The van der Waals surface area contributed by atoms with E-state index in [2.05, 4.69) is 252 Å². The van der Waals surface area contributed by atoms with Crippen molar-refractivity contribution in [3.63, 3.8) is 0 Å². The molecule has 0 atom stereocenters. The van der Waals surface area contributed by atoms with Gasteiger partial charge in [0, 0.05) is 43.4 Å². The van der Waals surface area contributed by atoms with Crippen LogP contribution in [0.15, 0.2) is 217 Å². The minimum Gasteiger partial charge on any atom is -0.372 e. The van der Waals surface area contributed by atoms with Gasteiger partial charge in [0.1, 0.15) is 0 Å². The third kappa shape index (κ3) is 7.49. The van der Waals surface area contributed by atoms with Gasteiger partial charge in [-0.2, -0.15) is 0 Å². The lowest BCUT2D eigenvalue weighted by molar-refractivity contribution is 0.107. The summed E-state index contributed by atoms with van der Waals surface area (Å²) in [6.45, 7) is 9.71. The van der Waals surface area contributed by atoms with Gasteiger partial charge in [0.05, 0.1) is 24.2 Å². The third-order valence-electron chi connectivity index (χ3n) is 13.2. The number of para-hydroxylation sites is 1. The van der Waals surface area contributed by atoms with Crippen LogP contribution in [-0.2, 0) is 23.4 Å². The molecule has 0 radical (unpaired) electrons. The molecule has 0 amide bonds. The van der Waals surface area contributed by atoms with Crippen molar-refractivity contribution < 1.29 is 4.74 Å². The SMILES string of the molecule is C=Cc1ccc(COCc2ccc3c(c2)C(C)(C)c2cc(N(c4ccc(-c5ccccc5)cc4)c4ccc5c(c4)c4cc(-c6ccc(Br)cc6)ccc4n5-c4ccccc4)ccc2-3)cc1. The molecule has 0 saturated heterocycles. The van der Waals surface area contributed by atoms with Gasteiger partial charge >= 0.3 is 0 Å². The fraction of sp³-hybridized carbons (Fsp3) is 0.0820. The van der Waals surface area contributed by atoms with Gasteiger partial charge in [-0.05, 0) is 140 Å². The topological polar surface area (TPSA) is 17.4 Å². The number of halogens is 1. The second-order valence-electron chi connectivity index (χ2n) is 17.5. The Bertz CT molecular complexity index is 3370. The largest absolute Gasteiger partial charge is 0.372 e. The number of nitrogens with zero attached hydrogens (tertiary/aromatic N) is 2. The number of fused-ring (bicyclic) bond motifs is 6. The highest BCUT2D eigenvalue weighted by Gasteiger charge is 2.36. The first kappa shape index (κ1) is 40.5. The average molecular weight is 904 g/mol. The van der Waals surface area contributed by atoms with Crippen molar-refractivity contribution in [3.8, 4) is 39.1 Å². The van der Waals surface area contributed by atoms with Crippen molar-refractivity contribution in [1.29, 1.82) is 0 Å². The fourth-order valence-electron chi connectivity index (χ4n) is 9.75. The summed E-state index contributed by atoms with van der Waals surface area (Å²) in [5, 5.41) is 2.41. The standard InChI is InChI=1S/C61H47BrN2O/c1-4-41-15-17-42(18-16-41)39-65-40-43-19-31-53-54-32-29-52(38-58(54)61(2,3)57(53)35-43)63(50-27-22-45(23-28-50)44-11-7-5-8-12-44)51-30-34-60-56(37-51)55-36-47(46-20-25-48(62)26-21-46)24-33-59(55)64(60)49-13-9-6-10-14-49/h4-38H,1,39-40H2,2-3H3. The maximum Gasteiger partial charge on any atom is 0.0721 e. The molecule has 0 saturated carbocycles. The number of ether oxygens (including phenoxy) is 1. The number of hydrogen-bond acceptors (Lipinski definition) is 2. The van der Waals surface area contributed by atoms with Crippen molar-refractivity contribution in [2.75, 3.05) is 4.90 Å². The lowest BCUT2D eigenvalue weighted by atomic mass is 9.82. The van der Waals surface area contributed by atoms with Crippen LogP contribution in [0.25, 0.3) is 66.9 Å². The molecule has 10 aromatic rings. The first-order valence-electron chi connectivity index (χ1n) is 22.2. The minimum absolute atomic E-state index is 0.226. The molecule has 0 fully saturated rings. The molecule has 1 aromatic heterocycles. The highest BCUT2D eigenvalue weighted by molar-refractivity contribution is 9.10. The number of hydrogen-bond donors (Lipinski definition) is 0. The van der Waals surface area contributed by atoms with Crippen LogP contribution in [0.1, 0.15) is 41.7 Å². The summed E-state index contributed by atoms with van der Waals surface area (Å²) in [4.78, 5) is 2.43. The maximum absolute atomic E-state index is 6.25. The van der Waals surface area contributed by atoms with Crippen LogP contribution < -0.4 is 4.90 Å². The Morgan fingerprint density at radius 1 is 0.508 bits per heavy atom. The van der Waals surface area contributed by atoms with Gasteiger partial charge < -0.3 is 14.2 Å². The highest BCUT2D eigenvalue weighted by atomic mass is 79.9. The first-order valence-corrected chi connectivity index (χ1v) is 23.0. The number of aromatic nitrogens is 1. The van der Waals surface area contributed by atoms with Crippen LogP contribution in [0, 0.1) is 0 Å². The van der Waals surface area contributed by atoms with Crippen LogP contribution in [-0.4, -0.2) is 4.57 Å². The van der Waals surface area contributed by atoms with Crippen molar-refractivity contribution in [2.45, 2.75) is 32.5 Å². The van der Waals surface area contributed by atoms with E-state index in [9.17, 15) is 0 Å². The van der Waals surface area contributed by atoms with Gasteiger partial charge in [0.15, 0.2) is 0 Å². The molecule has 1 aliphatic carbocycles. The minimum atomic E-state index is -0.226. The summed E-state index contributed by atoms with van der Waals surface area (Å²) in [5.74, 6) is 0. The smallest absolute Gasteiger partial charge is 0.0721 e. The molecule has 314 valence electrons. The summed E-state index contributed by atoms with van der Waals surface area (Å²) >= 11 is 3.63. The molecule has 0 unspecified atom stereocenters. The fourth-order valence-corrected chi connectivity index (χ4v) is 10.0. The monoisotopic (exact) mass is 902 g/mol. The van der Waals surface area contributed by atoms with E-state index in [-0.39, 0.29) is 5.41 Å². The van der Waals surface area contributed by atoms with E-state index < -0.39 is 0 Å². The van der Waals surface area contributed by atoms with Crippen LogP contribution in [0.2, 0.25) is 0 Å². The molecule has 1 heterocycles. The van der Waals surface area contributed by atoms with Crippen molar-refractivity contribution in [2.24, 2.45) is 0 Å². The quantitative estimate of drug-likeness (QED) is 0.129. The summed E-state index contributed by atoms with van der Waals surface area (Å²) in [6.07, 6.45) is 1.87. The maximum atomic E-state index is 6.25. The molecule has 0 aliphatic heterocycles. The van der Waals surface area contributed by atoms with E-state index in [4.69, 9.17) is 4.74 Å². The summed E-state index contributed by atoms with van der Waals surface area (Å²) in [7, 11) is 0. The lowest BCUT2D eigenvalue weighted by Crippen LogP contribution is -2.17. The summed E-state index contributed by atoms with van der Waals surface area (Å²) in [6, 6.07) is 75.1. The Hall–Kier alpha value is -7.24. The summed E-state index contributed by atoms with van der Waals surface area (Å²) < 4.78 is 9.72. The zero-order chi connectivity index (χ0) is 44.1. The second-order valence-corrected chi connectivity index (χ2v) is 18.4. The molecule has 11 rings (SSSR count). The van der Waals surface area contributed by atoms with Gasteiger partial charge in [-0.1, -0.05) is 170 Å². The van der Waals surface area contributed by atoms with Crippen molar-refractivity contribution >= 4 is 60.9 Å². The number of rotatable bonds is 11. The molecule has 0 bridgehead atoms. The number of benzene rings is 9. The van der Waals surface area contributed by atoms with Gasteiger partial charge in [-0.25, -0.2) is 0 Å². The summed E-state index contributed by atoms with van der Waals surface area (Å²) in [5.41, 5.74) is 20.0. The molecule has 1 aliphatic rings. The molecule has 0 N–H and O–H groups in total. The van der Waals surface area contributed by atoms with Crippen LogP contribution in [0.5, 0.6) is 0 Å². The van der Waals surface area contributed by atoms with Crippen LogP contribution >= 0.6 is 15.9 Å². The van der Waals surface area contributed by atoms with E-state index in [1.54, 1.807) is 0 Å². The molecule has 4 heteroatoms. The van der Waals surface area contributed by atoms with Crippen molar-refractivity contribution in [3.05, 3.63) is 245 Å². The van der Waals surface area contributed by atoms with Gasteiger partial charge in [0.2, 0.25) is 0 Å². The molecular formula is C61H47BrN2O. The van der Waals surface area contributed by atoms with Crippen LogP contribution in [0.4, 0.5) is 17.1 Å². The van der Waals surface area contributed by atoms with Gasteiger partial charge in [-0.3, -0.25) is 0 Å². The normalized spacial score (nSPS) is 12.6. The highest BCUT2D eigenvalue weighted by Crippen LogP contribution is 2.51. The average Bonchev–Trinajstić information content (AvgIpc) is 3.79. The molecule has 65 heavy (non-hydrogen) atoms. The second kappa shape index (κ2) is 16.7. The third-order valence-corrected chi connectivity index (χ3v) is 13.7. The predicted molar refractivity (Wildman–Crippen MR) is 277 cm³/mol. The molecular weight excluding hydrogens is 857 g/mol. The molecule has 3 nitrogen and oxygen atoms in total. The lowest BCUT2D eigenvalue weighted by Gasteiger charge is -2.28. The zero-order valence-corrected chi connectivity index (χ0v) is 38.1. The van der Waals surface area contributed by atoms with Crippen LogP contribution in [0.3, 0.4) is 0 Å². The zero-order valence-electron chi connectivity index (χ0n) is 36.5. The molecule has 9 aromatic carbocycles. The van der Waals surface area contributed by atoms with E-state index in [0.29, 0.717) is 13.2 Å².